The van der Waals surface area contributed by atoms with Crippen LogP contribution in [-0.2, 0) is 16.4 Å². The van der Waals surface area contributed by atoms with Gasteiger partial charge in [0.25, 0.3) is 10.0 Å². The molecule has 0 saturated heterocycles. The fraction of sp³-hybridized carbons (Fsp3) is 0.294. The van der Waals surface area contributed by atoms with Crippen molar-refractivity contribution in [2.24, 2.45) is 0 Å². The topological polar surface area (TPSA) is 55.4 Å². The van der Waals surface area contributed by atoms with Crippen LogP contribution in [0.5, 0.6) is 5.75 Å². The zero-order chi connectivity index (χ0) is 16.2. The average Bonchev–Trinajstić information content (AvgIpc) is 2.50. The Balaban J connectivity index is 2.32. The van der Waals surface area contributed by atoms with Crippen LogP contribution in [0.25, 0.3) is 0 Å². The van der Waals surface area contributed by atoms with Gasteiger partial charge in [0.15, 0.2) is 0 Å². The Hall–Kier alpha value is -2.01. The second-order valence-corrected chi connectivity index (χ2v) is 6.65. The van der Waals surface area contributed by atoms with Crippen LogP contribution in [0.1, 0.15) is 25.0 Å². The fourth-order valence-electron chi connectivity index (χ4n) is 2.24. The number of anilines is 1. The first-order valence-electron chi connectivity index (χ1n) is 7.32. The third-order valence-corrected chi connectivity index (χ3v) is 4.79. The van der Waals surface area contributed by atoms with E-state index in [9.17, 15) is 8.42 Å². The van der Waals surface area contributed by atoms with Crippen molar-refractivity contribution in [3.8, 4) is 5.75 Å². The van der Waals surface area contributed by atoms with Gasteiger partial charge < -0.3 is 4.74 Å². The standard InChI is InChI=1S/C17H21NO3S/c1-4-14-8-6-7-13(3)17(14)18-22(19,20)16-11-9-15(10-12-16)21-5-2/h6-12,18H,4-5H2,1-3H3. The summed E-state index contributed by atoms with van der Waals surface area (Å²) in [6, 6.07) is 12.2. The van der Waals surface area contributed by atoms with Gasteiger partial charge in [0.2, 0.25) is 0 Å². The summed E-state index contributed by atoms with van der Waals surface area (Å²) in [6.45, 7) is 6.34. The van der Waals surface area contributed by atoms with Gasteiger partial charge in [-0.3, -0.25) is 4.72 Å². The highest BCUT2D eigenvalue weighted by Crippen LogP contribution is 2.25. The smallest absolute Gasteiger partial charge is 0.261 e. The molecule has 0 unspecified atom stereocenters. The maximum Gasteiger partial charge on any atom is 0.261 e. The predicted molar refractivity (Wildman–Crippen MR) is 89.0 cm³/mol. The number of aryl methyl sites for hydroxylation is 2. The second kappa shape index (κ2) is 6.83. The van der Waals surface area contributed by atoms with Gasteiger partial charge in [0.1, 0.15) is 5.75 Å². The molecule has 0 radical (unpaired) electrons. The molecule has 1 N–H and O–H groups in total. The van der Waals surface area contributed by atoms with Crippen LogP contribution in [0, 0.1) is 6.92 Å². The summed E-state index contributed by atoms with van der Waals surface area (Å²) < 4.78 is 33.1. The Kier molecular flexibility index (Phi) is 5.08. The highest BCUT2D eigenvalue weighted by Gasteiger charge is 2.17. The number of rotatable bonds is 6. The third-order valence-electron chi connectivity index (χ3n) is 3.42. The molecule has 0 fully saturated rings. The first-order chi connectivity index (χ1) is 10.5. The van der Waals surface area contributed by atoms with Gasteiger partial charge in [-0.15, -0.1) is 0 Å². The normalized spacial score (nSPS) is 11.2. The summed E-state index contributed by atoms with van der Waals surface area (Å²) in [4.78, 5) is 0.223. The van der Waals surface area contributed by atoms with Crippen LogP contribution in [0.3, 0.4) is 0 Å². The fourth-order valence-corrected chi connectivity index (χ4v) is 3.42. The van der Waals surface area contributed by atoms with E-state index in [2.05, 4.69) is 4.72 Å². The van der Waals surface area contributed by atoms with Crippen molar-refractivity contribution in [2.45, 2.75) is 32.1 Å². The lowest BCUT2D eigenvalue weighted by Crippen LogP contribution is -2.15. The largest absolute Gasteiger partial charge is 0.494 e. The number of hydrogen-bond acceptors (Lipinski definition) is 3. The molecule has 0 amide bonds. The summed E-state index contributed by atoms with van der Waals surface area (Å²) in [5.41, 5.74) is 2.56. The van der Waals surface area contributed by atoms with Gasteiger partial charge >= 0.3 is 0 Å². The maximum absolute atomic E-state index is 12.5. The molecular formula is C17H21NO3S. The average molecular weight is 319 g/mol. The zero-order valence-corrected chi connectivity index (χ0v) is 13.9. The Morgan fingerprint density at radius 2 is 1.73 bits per heavy atom. The maximum atomic E-state index is 12.5. The quantitative estimate of drug-likeness (QED) is 0.882. The third kappa shape index (κ3) is 3.60. The van der Waals surface area contributed by atoms with Crippen molar-refractivity contribution < 1.29 is 13.2 Å². The molecule has 5 heteroatoms. The molecule has 0 saturated carbocycles. The molecular weight excluding hydrogens is 298 g/mol. The summed E-state index contributed by atoms with van der Waals surface area (Å²) in [5, 5.41) is 0. The van der Waals surface area contributed by atoms with E-state index in [0.717, 1.165) is 17.5 Å². The van der Waals surface area contributed by atoms with E-state index in [4.69, 9.17) is 4.74 Å². The van der Waals surface area contributed by atoms with Crippen LogP contribution in [-0.4, -0.2) is 15.0 Å². The van der Waals surface area contributed by atoms with Gasteiger partial charge in [0.05, 0.1) is 17.2 Å². The summed E-state index contributed by atoms with van der Waals surface area (Å²) >= 11 is 0. The van der Waals surface area contributed by atoms with Crippen molar-refractivity contribution >= 4 is 15.7 Å². The van der Waals surface area contributed by atoms with E-state index in [1.54, 1.807) is 24.3 Å². The predicted octanol–water partition coefficient (Wildman–Crippen LogP) is 3.76. The minimum absolute atomic E-state index is 0.223. The Bertz CT molecular complexity index is 737. The Morgan fingerprint density at radius 3 is 2.32 bits per heavy atom. The number of hydrogen-bond donors (Lipinski definition) is 1. The van der Waals surface area contributed by atoms with Crippen LogP contribution < -0.4 is 9.46 Å². The van der Waals surface area contributed by atoms with Gasteiger partial charge in [0, 0.05) is 0 Å². The minimum Gasteiger partial charge on any atom is -0.494 e. The summed E-state index contributed by atoms with van der Waals surface area (Å²) in [5.74, 6) is 0.659. The van der Waals surface area contributed by atoms with Gasteiger partial charge in [-0.1, -0.05) is 25.1 Å². The van der Waals surface area contributed by atoms with Crippen molar-refractivity contribution in [1.29, 1.82) is 0 Å². The van der Waals surface area contributed by atoms with Gasteiger partial charge in [-0.2, -0.15) is 0 Å². The number of para-hydroxylation sites is 1. The summed E-state index contributed by atoms with van der Waals surface area (Å²) in [7, 11) is -3.61. The van der Waals surface area contributed by atoms with Crippen molar-refractivity contribution in [3.63, 3.8) is 0 Å². The molecule has 0 heterocycles. The number of sulfonamides is 1. The molecule has 0 atom stereocenters. The SMILES string of the molecule is CCOc1ccc(S(=O)(=O)Nc2c(C)cccc2CC)cc1. The van der Waals surface area contributed by atoms with E-state index in [-0.39, 0.29) is 4.90 Å². The number of nitrogens with one attached hydrogen (secondary N) is 1. The molecule has 4 nitrogen and oxygen atoms in total. The van der Waals surface area contributed by atoms with Gasteiger partial charge in [-0.25, -0.2) is 8.42 Å². The monoisotopic (exact) mass is 319 g/mol. The van der Waals surface area contributed by atoms with Crippen molar-refractivity contribution in [3.05, 3.63) is 53.6 Å². The van der Waals surface area contributed by atoms with Crippen molar-refractivity contribution in [1.82, 2.24) is 0 Å². The lowest BCUT2D eigenvalue weighted by molar-refractivity contribution is 0.340. The van der Waals surface area contributed by atoms with E-state index in [1.165, 1.54) is 0 Å². The molecule has 0 aliphatic carbocycles. The van der Waals surface area contributed by atoms with Crippen LogP contribution in [0.2, 0.25) is 0 Å². The minimum atomic E-state index is -3.61. The van der Waals surface area contributed by atoms with E-state index in [0.29, 0.717) is 18.0 Å². The molecule has 2 rings (SSSR count). The molecule has 0 bridgehead atoms. The molecule has 118 valence electrons. The van der Waals surface area contributed by atoms with E-state index >= 15 is 0 Å². The Morgan fingerprint density at radius 1 is 1.05 bits per heavy atom. The molecule has 0 spiro atoms. The van der Waals surface area contributed by atoms with E-state index < -0.39 is 10.0 Å². The molecule has 2 aromatic rings. The van der Waals surface area contributed by atoms with Crippen molar-refractivity contribution in [2.75, 3.05) is 11.3 Å². The highest BCUT2D eigenvalue weighted by molar-refractivity contribution is 7.92. The van der Waals surface area contributed by atoms with Gasteiger partial charge in [-0.05, 0) is 55.7 Å². The zero-order valence-electron chi connectivity index (χ0n) is 13.1. The van der Waals surface area contributed by atoms with Crippen LogP contribution in [0.15, 0.2) is 47.4 Å². The molecule has 2 aromatic carbocycles. The summed E-state index contributed by atoms with van der Waals surface area (Å²) in [6.07, 6.45) is 0.767. The highest BCUT2D eigenvalue weighted by atomic mass is 32.2. The molecule has 0 aliphatic heterocycles. The molecule has 0 aromatic heterocycles. The lowest BCUT2D eigenvalue weighted by atomic mass is 10.1. The van der Waals surface area contributed by atoms with E-state index in [1.807, 2.05) is 39.0 Å². The van der Waals surface area contributed by atoms with Crippen LogP contribution in [0.4, 0.5) is 5.69 Å². The molecule has 0 aliphatic rings. The first-order valence-corrected chi connectivity index (χ1v) is 8.80. The van der Waals surface area contributed by atoms with Crippen LogP contribution >= 0.6 is 0 Å². The first kappa shape index (κ1) is 16.4. The second-order valence-electron chi connectivity index (χ2n) is 4.97. The number of ether oxygens (including phenoxy) is 1. The molecule has 22 heavy (non-hydrogen) atoms. The Labute approximate surface area is 132 Å². The number of benzene rings is 2. The lowest BCUT2D eigenvalue weighted by Gasteiger charge is -2.14.